The molecule has 4 rings (SSSR count). The number of nitrogens with zero attached hydrogens (tertiary/aromatic N) is 1. The van der Waals surface area contributed by atoms with Crippen molar-refractivity contribution in [1.29, 1.82) is 0 Å². The van der Waals surface area contributed by atoms with Gasteiger partial charge in [0.1, 0.15) is 24.7 Å². The van der Waals surface area contributed by atoms with Crippen molar-refractivity contribution in [2.45, 2.75) is 0 Å². The number of halogens is 1. The van der Waals surface area contributed by atoms with E-state index < -0.39 is 0 Å². The Balaban J connectivity index is 1.49. The molecule has 0 bridgehead atoms. The summed E-state index contributed by atoms with van der Waals surface area (Å²) in [5.74, 6) is 0.535. The van der Waals surface area contributed by atoms with Crippen molar-refractivity contribution in [3.05, 3.63) is 72.3 Å². The molecular weight excluding hydrogens is 349 g/mol. The van der Waals surface area contributed by atoms with Crippen molar-refractivity contribution in [2.75, 3.05) is 23.8 Å². The minimum absolute atomic E-state index is 0.228. The van der Waals surface area contributed by atoms with Gasteiger partial charge in [0.25, 0.3) is 5.91 Å². The lowest BCUT2D eigenvalue weighted by Crippen LogP contribution is -2.17. The SMILES string of the molecule is O=C(Nc1ccc2c(c1)OCCO2)c1cc(Nc2cccc(F)c2)ccn1. The van der Waals surface area contributed by atoms with Gasteiger partial charge in [-0.3, -0.25) is 9.78 Å². The second kappa shape index (κ2) is 7.33. The Labute approximate surface area is 155 Å². The van der Waals surface area contributed by atoms with E-state index in [4.69, 9.17) is 9.47 Å². The Morgan fingerprint density at radius 3 is 2.59 bits per heavy atom. The maximum Gasteiger partial charge on any atom is 0.274 e. The number of benzene rings is 2. The molecule has 2 N–H and O–H groups in total. The Bertz CT molecular complexity index is 994. The van der Waals surface area contributed by atoms with Crippen LogP contribution in [0.15, 0.2) is 60.8 Å². The molecule has 1 amide bonds. The van der Waals surface area contributed by atoms with Crippen molar-refractivity contribution in [2.24, 2.45) is 0 Å². The first kappa shape index (κ1) is 16.8. The summed E-state index contributed by atoms with van der Waals surface area (Å²) in [6, 6.07) is 14.6. The highest BCUT2D eigenvalue weighted by Gasteiger charge is 2.14. The van der Waals surface area contributed by atoms with Gasteiger partial charge in [-0.15, -0.1) is 0 Å². The lowest BCUT2D eigenvalue weighted by atomic mass is 10.2. The quantitative estimate of drug-likeness (QED) is 0.731. The van der Waals surface area contributed by atoms with E-state index in [1.807, 2.05) is 0 Å². The summed E-state index contributed by atoms with van der Waals surface area (Å²) in [6.45, 7) is 0.980. The fourth-order valence-corrected chi connectivity index (χ4v) is 2.68. The number of nitrogens with one attached hydrogen (secondary N) is 2. The largest absolute Gasteiger partial charge is 0.486 e. The van der Waals surface area contributed by atoms with Gasteiger partial charge >= 0.3 is 0 Å². The maximum atomic E-state index is 13.3. The van der Waals surface area contributed by atoms with E-state index in [0.717, 1.165) is 0 Å². The van der Waals surface area contributed by atoms with Gasteiger partial charge in [-0.1, -0.05) is 6.07 Å². The molecule has 0 saturated carbocycles. The highest BCUT2D eigenvalue weighted by Crippen LogP contribution is 2.32. The average Bonchev–Trinajstić information content (AvgIpc) is 2.68. The molecule has 0 unspecified atom stereocenters. The zero-order chi connectivity index (χ0) is 18.6. The van der Waals surface area contributed by atoms with E-state index in [2.05, 4.69) is 15.6 Å². The van der Waals surface area contributed by atoms with Crippen LogP contribution >= 0.6 is 0 Å². The summed E-state index contributed by atoms with van der Waals surface area (Å²) in [6.07, 6.45) is 1.51. The molecule has 1 aliphatic heterocycles. The van der Waals surface area contributed by atoms with Crippen LogP contribution in [0.2, 0.25) is 0 Å². The van der Waals surface area contributed by atoms with Gasteiger partial charge in [0.15, 0.2) is 11.5 Å². The third kappa shape index (κ3) is 3.98. The molecule has 0 spiro atoms. The van der Waals surface area contributed by atoms with Crippen molar-refractivity contribution in [3.8, 4) is 11.5 Å². The van der Waals surface area contributed by atoms with Crippen LogP contribution in [0.4, 0.5) is 21.5 Å². The third-order valence-electron chi connectivity index (χ3n) is 3.91. The number of pyridine rings is 1. The molecule has 0 radical (unpaired) electrons. The molecule has 0 aliphatic carbocycles. The Morgan fingerprint density at radius 2 is 1.74 bits per heavy atom. The highest BCUT2D eigenvalue weighted by molar-refractivity contribution is 6.03. The predicted octanol–water partition coefficient (Wildman–Crippen LogP) is 3.99. The summed E-state index contributed by atoms with van der Waals surface area (Å²) in [5.41, 5.74) is 2.02. The van der Waals surface area contributed by atoms with Gasteiger partial charge in [0, 0.05) is 29.3 Å². The number of ether oxygens (including phenoxy) is 2. The monoisotopic (exact) mass is 365 g/mol. The molecule has 27 heavy (non-hydrogen) atoms. The van der Waals surface area contributed by atoms with Gasteiger partial charge < -0.3 is 20.1 Å². The molecule has 6 nitrogen and oxygen atoms in total. The molecule has 2 aromatic carbocycles. The molecule has 3 aromatic rings. The molecule has 1 aromatic heterocycles. The predicted molar refractivity (Wildman–Crippen MR) is 99.3 cm³/mol. The van der Waals surface area contributed by atoms with Crippen LogP contribution in [-0.2, 0) is 0 Å². The Kier molecular flexibility index (Phi) is 4.57. The zero-order valence-corrected chi connectivity index (χ0v) is 14.2. The second-order valence-electron chi connectivity index (χ2n) is 5.88. The average molecular weight is 365 g/mol. The summed E-state index contributed by atoms with van der Waals surface area (Å²) in [4.78, 5) is 16.6. The van der Waals surface area contributed by atoms with Crippen LogP contribution in [0.1, 0.15) is 10.5 Å². The van der Waals surface area contributed by atoms with E-state index in [1.165, 1.54) is 18.3 Å². The van der Waals surface area contributed by atoms with Crippen LogP contribution in [0.3, 0.4) is 0 Å². The first-order valence-corrected chi connectivity index (χ1v) is 8.37. The van der Waals surface area contributed by atoms with Crippen LogP contribution in [0.25, 0.3) is 0 Å². The van der Waals surface area contributed by atoms with E-state index in [0.29, 0.717) is 41.8 Å². The lowest BCUT2D eigenvalue weighted by Gasteiger charge is -2.19. The maximum absolute atomic E-state index is 13.3. The Hall–Kier alpha value is -3.61. The van der Waals surface area contributed by atoms with Crippen LogP contribution in [0.5, 0.6) is 11.5 Å². The van der Waals surface area contributed by atoms with Crippen LogP contribution in [0, 0.1) is 5.82 Å². The summed E-state index contributed by atoms with van der Waals surface area (Å²) < 4.78 is 24.3. The van der Waals surface area contributed by atoms with Gasteiger partial charge in [-0.25, -0.2) is 4.39 Å². The molecule has 0 fully saturated rings. The number of hydrogen-bond donors (Lipinski definition) is 2. The van der Waals surface area contributed by atoms with Gasteiger partial charge in [0.2, 0.25) is 0 Å². The normalized spacial score (nSPS) is 12.3. The van der Waals surface area contributed by atoms with E-state index in [1.54, 1.807) is 42.5 Å². The van der Waals surface area contributed by atoms with Crippen molar-refractivity contribution in [3.63, 3.8) is 0 Å². The smallest absolute Gasteiger partial charge is 0.274 e. The number of amides is 1. The Morgan fingerprint density at radius 1 is 0.926 bits per heavy atom. The minimum Gasteiger partial charge on any atom is -0.486 e. The lowest BCUT2D eigenvalue weighted by molar-refractivity contribution is 0.102. The zero-order valence-electron chi connectivity index (χ0n) is 14.2. The minimum atomic E-state index is -0.366. The molecule has 1 aliphatic rings. The van der Waals surface area contributed by atoms with Gasteiger partial charge in [-0.2, -0.15) is 0 Å². The van der Waals surface area contributed by atoms with Gasteiger partial charge in [0.05, 0.1) is 0 Å². The van der Waals surface area contributed by atoms with Crippen molar-refractivity contribution in [1.82, 2.24) is 4.98 Å². The van der Waals surface area contributed by atoms with E-state index in [9.17, 15) is 9.18 Å². The molecule has 7 heteroatoms. The number of hydrogen-bond acceptors (Lipinski definition) is 5. The van der Waals surface area contributed by atoms with Crippen LogP contribution < -0.4 is 20.1 Å². The second-order valence-corrected chi connectivity index (χ2v) is 5.88. The van der Waals surface area contributed by atoms with Crippen molar-refractivity contribution < 1.29 is 18.7 Å². The number of carbonyl (C=O) groups excluding carboxylic acids is 1. The van der Waals surface area contributed by atoms with E-state index >= 15 is 0 Å². The highest BCUT2D eigenvalue weighted by atomic mass is 19.1. The van der Waals surface area contributed by atoms with Gasteiger partial charge in [-0.05, 0) is 42.5 Å². The number of fused-ring (bicyclic) bond motifs is 1. The fourth-order valence-electron chi connectivity index (χ4n) is 2.68. The molecule has 0 saturated heterocycles. The summed E-state index contributed by atoms with van der Waals surface area (Å²) in [7, 11) is 0. The van der Waals surface area contributed by atoms with E-state index in [-0.39, 0.29) is 17.4 Å². The number of aromatic nitrogens is 1. The van der Waals surface area contributed by atoms with Crippen molar-refractivity contribution >= 4 is 23.0 Å². The topological polar surface area (TPSA) is 72.5 Å². The summed E-state index contributed by atoms with van der Waals surface area (Å²) in [5, 5.41) is 5.83. The number of carbonyl (C=O) groups is 1. The number of rotatable bonds is 4. The standard InChI is InChI=1S/C20H16FN3O3/c21-13-2-1-3-14(10-13)23-16-6-7-22-17(11-16)20(25)24-15-4-5-18-19(12-15)27-9-8-26-18/h1-7,10-12H,8-9H2,(H,22,23)(H,24,25). The third-order valence-corrected chi connectivity index (χ3v) is 3.91. The molecule has 2 heterocycles. The molecule has 0 atom stereocenters. The molecular formula is C20H16FN3O3. The fraction of sp³-hybridized carbons (Fsp3) is 0.100. The first-order chi connectivity index (χ1) is 13.2. The first-order valence-electron chi connectivity index (χ1n) is 8.37. The number of anilines is 3. The van der Waals surface area contributed by atoms with Crippen LogP contribution in [-0.4, -0.2) is 24.1 Å². The summed E-state index contributed by atoms with van der Waals surface area (Å²) >= 11 is 0. The molecule has 136 valence electrons.